The van der Waals surface area contributed by atoms with E-state index < -0.39 is 17.8 Å². The molecule has 0 radical (unpaired) electrons. The monoisotopic (exact) mass is 455 g/mol. The average Bonchev–Trinajstić information content (AvgIpc) is 2.74. The molecule has 1 amide bonds. The summed E-state index contributed by atoms with van der Waals surface area (Å²) < 4.78 is 18.6. The highest BCUT2D eigenvalue weighted by molar-refractivity contribution is 7.80. The van der Waals surface area contributed by atoms with Crippen LogP contribution in [0.2, 0.25) is 0 Å². The Bertz CT molecular complexity index is 1050. The van der Waals surface area contributed by atoms with Gasteiger partial charge in [-0.15, -0.1) is 0 Å². The molecule has 1 aliphatic rings. The van der Waals surface area contributed by atoms with Crippen LogP contribution in [0.5, 0.6) is 0 Å². The summed E-state index contributed by atoms with van der Waals surface area (Å²) in [5, 5.41) is 6.55. The second-order valence-electron chi connectivity index (χ2n) is 7.66. The minimum atomic E-state index is -0.474. The van der Waals surface area contributed by atoms with E-state index in [1.807, 2.05) is 30.9 Å². The number of ether oxygens (including phenoxy) is 1. The maximum Gasteiger partial charge on any atom is 0.338 e. The van der Waals surface area contributed by atoms with E-state index in [1.54, 1.807) is 26.0 Å². The van der Waals surface area contributed by atoms with Crippen LogP contribution < -0.4 is 10.6 Å². The number of anilines is 1. The van der Waals surface area contributed by atoms with E-state index in [2.05, 4.69) is 10.6 Å². The number of nitrogens with zero attached hydrogens (tertiary/aromatic N) is 1. The molecule has 0 saturated carbocycles. The molecular weight excluding hydrogens is 429 g/mol. The van der Waals surface area contributed by atoms with Gasteiger partial charge < -0.3 is 20.3 Å². The minimum Gasteiger partial charge on any atom is -0.459 e. The van der Waals surface area contributed by atoms with Crippen molar-refractivity contribution in [2.75, 3.05) is 11.9 Å². The van der Waals surface area contributed by atoms with Crippen molar-refractivity contribution >= 4 is 34.9 Å². The molecule has 0 aromatic heterocycles. The Balaban J connectivity index is 1.86. The molecule has 1 heterocycles. The summed E-state index contributed by atoms with van der Waals surface area (Å²) in [4.78, 5) is 27.1. The van der Waals surface area contributed by atoms with Crippen LogP contribution in [0.1, 0.15) is 49.7 Å². The number of thiocarbonyl (C=S) groups is 1. The molecule has 2 N–H and O–H groups in total. The molecular formula is C24H26FN3O3S. The number of carbonyl (C=O) groups excluding carboxylic acids is 2. The van der Waals surface area contributed by atoms with E-state index in [9.17, 15) is 14.0 Å². The molecule has 0 saturated heterocycles. The van der Waals surface area contributed by atoms with Crippen LogP contribution in [0.15, 0.2) is 59.8 Å². The highest BCUT2D eigenvalue weighted by Gasteiger charge is 2.34. The zero-order valence-electron chi connectivity index (χ0n) is 18.4. The van der Waals surface area contributed by atoms with Gasteiger partial charge in [0, 0.05) is 23.5 Å². The lowest BCUT2D eigenvalue weighted by Gasteiger charge is -2.37. The number of hydrogen-bond acceptors (Lipinski definition) is 4. The van der Waals surface area contributed by atoms with Crippen LogP contribution >= 0.6 is 12.2 Å². The fourth-order valence-electron chi connectivity index (χ4n) is 3.52. The number of rotatable bonds is 6. The predicted octanol–water partition coefficient (Wildman–Crippen LogP) is 4.55. The van der Waals surface area contributed by atoms with Crippen molar-refractivity contribution in [1.29, 1.82) is 0 Å². The molecule has 1 aliphatic heterocycles. The third-order valence-corrected chi connectivity index (χ3v) is 5.42. The smallest absolute Gasteiger partial charge is 0.338 e. The molecule has 6 nitrogen and oxygen atoms in total. The summed E-state index contributed by atoms with van der Waals surface area (Å²) in [5.74, 6) is -1.14. The van der Waals surface area contributed by atoms with Crippen LogP contribution in [-0.4, -0.2) is 34.5 Å². The summed E-state index contributed by atoms with van der Waals surface area (Å²) in [6, 6.07) is 12.0. The van der Waals surface area contributed by atoms with E-state index in [0.717, 1.165) is 11.3 Å². The third kappa shape index (κ3) is 5.13. The standard InChI is InChI=1S/C24H26FN3O3S/c1-5-28-15(4)20(23(30)31-14(2)3)21(27-24(28)32)16-8-12-19(13-9-16)26-22(29)17-6-10-18(25)11-7-17/h6-14,21H,5H2,1-4H3,(H,26,29)(H,27,32)/t21-/m1/s1. The number of esters is 1. The first kappa shape index (κ1) is 23.4. The highest BCUT2D eigenvalue weighted by Crippen LogP contribution is 2.32. The number of allylic oxidation sites excluding steroid dienone is 1. The molecule has 32 heavy (non-hydrogen) atoms. The van der Waals surface area contributed by atoms with Crippen molar-refractivity contribution in [2.24, 2.45) is 0 Å². The van der Waals surface area contributed by atoms with Crippen LogP contribution in [0, 0.1) is 5.82 Å². The minimum absolute atomic E-state index is 0.253. The fraction of sp³-hybridized carbons (Fsp3) is 0.292. The normalized spacial score (nSPS) is 16.1. The Labute approximate surface area is 192 Å². The zero-order chi connectivity index (χ0) is 23.4. The van der Waals surface area contributed by atoms with E-state index in [0.29, 0.717) is 28.5 Å². The van der Waals surface area contributed by atoms with E-state index in [4.69, 9.17) is 17.0 Å². The number of halogens is 1. The molecule has 1 atom stereocenters. The van der Waals surface area contributed by atoms with Gasteiger partial charge >= 0.3 is 5.97 Å². The van der Waals surface area contributed by atoms with Gasteiger partial charge in [0.1, 0.15) is 5.82 Å². The number of amides is 1. The first-order chi connectivity index (χ1) is 15.2. The Hall–Kier alpha value is -3.26. The second-order valence-corrected chi connectivity index (χ2v) is 8.05. The Morgan fingerprint density at radius 1 is 1.16 bits per heavy atom. The van der Waals surface area contributed by atoms with Crippen molar-refractivity contribution in [2.45, 2.75) is 39.8 Å². The summed E-state index contributed by atoms with van der Waals surface area (Å²) in [6.07, 6.45) is -0.253. The summed E-state index contributed by atoms with van der Waals surface area (Å²) in [5.41, 5.74) is 2.98. The number of benzene rings is 2. The van der Waals surface area contributed by atoms with Gasteiger partial charge in [-0.1, -0.05) is 12.1 Å². The molecule has 8 heteroatoms. The number of nitrogens with one attached hydrogen (secondary N) is 2. The van der Waals surface area contributed by atoms with E-state index >= 15 is 0 Å². The van der Waals surface area contributed by atoms with Gasteiger partial charge in [0.15, 0.2) is 5.11 Å². The molecule has 0 aliphatic carbocycles. The molecule has 168 valence electrons. The summed E-state index contributed by atoms with van der Waals surface area (Å²) in [7, 11) is 0. The van der Waals surface area contributed by atoms with Gasteiger partial charge in [-0.2, -0.15) is 0 Å². The lowest BCUT2D eigenvalue weighted by molar-refractivity contribution is -0.143. The van der Waals surface area contributed by atoms with Crippen LogP contribution in [0.4, 0.5) is 10.1 Å². The number of carbonyl (C=O) groups is 2. The maximum absolute atomic E-state index is 13.1. The number of hydrogen-bond donors (Lipinski definition) is 2. The van der Waals surface area contributed by atoms with Crippen LogP contribution in [0.25, 0.3) is 0 Å². The largest absolute Gasteiger partial charge is 0.459 e. The van der Waals surface area contributed by atoms with E-state index in [1.165, 1.54) is 24.3 Å². The highest BCUT2D eigenvalue weighted by atomic mass is 32.1. The second kappa shape index (κ2) is 9.91. The topological polar surface area (TPSA) is 70.7 Å². The Morgan fingerprint density at radius 2 is 1.78 bits per heavy atom. The van der Waals surface area contributed by atoms with Gasteiger partial charge in [0.2, 0.25) is 0 Å². The van der Waals surface area contributed by atoms with Gasteiger partial charge in [-0.3, -0.25) is 4.79 Å². The molecule has 3 rings (SSSR count). The van der Waals surface area contributed by atoms with Crippen molar-refractivity contribution in [1.82, 2.24) is 10.2 Å². The third-order valence-electron chi connectivity index (χ3n) is 5.08. The zero-order valence-corrected chi connectivity index (χ0v) is 19.3. The van der Waals surface area contributed by atoms with Crippen molar-refractivity contribution in [3.63, 3.8) is 0 Å². The van der Waals surface area contributed by atoms with Gasteiger partial charge in [-0.25, -0.2) is 9.18 Å². The first-order valence-corrected chi connectivity index (χ1v) is 10.8. The lowest BCUT2D eigenvalue weighted by Crippen LogP contribution is -2.47. The first-order valence-electron chi connectivity index (χ1n) is 10.4. The molecule has 0 unspecified atom stereocenters. The average molecular weight is 456 g/mol. The summed E-state index contributed by atoms with van der Waals surface area (Å²) >= 11 is 5.50. The predicted molar refractivity (Wildman–Crippen MR) is 126 cm³/mol. The fourth-order valence-corrected chi connectivity index (χ4v) is 3.90. The van der Waals surface area contributed by atoms with Gasteiger partial charge in [0.05, 0.1) is 17.7 Å². The lowest BCUT2D eigenvalue weighted by atomic mass is 9.94. The van der Waals surface area contributed by atoms with Crippen LogP contribution in [-0.2, 0) is 9.53 Å². The maximum atomic E-state index is 13.1. The van der Waals surface area contributed by atoms with Gasteiger partial charge in [0.25, 0.3) is 5.91 Å². The molecule has 2 aromatic carbocycles. The molecule has 0 spiro atoms. The molecule has 0 bridgehead atoms. The van der Waals surface area contributed by atoms with Crippen molar-refractivity contribution in [3.8, 4) is 0 Å². The Morgan fingerprint density at radius 3 is 2.34 bits per heavy atom. The summed E-state index contributed by atoms with van der Waals surface area (Å²) in [6.45, 7) is 8.05. The quantitative estimate of drug-likeness (QED) is 0.492. The Kier molecular flexibility index (Phi) is 7.25. The molecule has 0 fully saturated rings. The van der Waals surface area contributed by atoms with E-state index in [-0.39, 0.29) is 12.0 Å². The van der Waals surface area contributed by atoms with Crippen molar-refractivity contribution < 1.29 is 18.7 Å². The SMILES string of the molecule is CCN1C(=S)N[C@H](c2ccc(NC(=O)c3ccc(F)cc3)cc2)C(C(=O)OC(C)C)=C1C. The van der Waals surface area contributed by atoms with Crippen molar-refractivity contribution in [3.05, 3.63) is 76.7 Å². The van der Waals surface area contributed by atoms with Gasteiger partial charge in [-0.05, 0) is 81.9 Å². The molecule has 2 aromatic rings. The van der Waals surface area contributed by atoms with Crippen LogP contribution in [0.3, 0.4) is 0 Å².